The summed E-state index contributed by atoms with van der Waals surface area (Å²) < 4.78 is 40.2. The van der Waals surface area contributed by atoms with Crippen molar-refractivity contribution in [3.05, 3.63) is 76.5 Å². The summed E-state index contributed by atoms with van der Waals surface area (Å²) >= 11 is 3.06. The number of Topliss-reactive ketones (excluding diaryl/α,β-unsaturated/α-hetero) is 1. The molecule has 1 amide bonds. The first-order chi connectivity index (χ1) is 16.2. The van der Waals surface area contributed by atoms with Crippen LogP contribution < -0.4 is 10.6 Å². The molecule has 4 rings (SSSR count). The summed E-state index contributed by atoms with van der Waals surface area (Å²) in [6, 6.07) is 7.05. The molecular formula is C23H19BrF3N5O2. The van der Waals surface area contributed by atoms with Crippen LogP contribution in [0.2, 0.25) is 0 Å². The molecule has 11 heteroatoms. The van der Waals surface area contributed by atoms with Crippen molar-refractivity contribution in [3.8, 4) is 0 Å². The van der Waals surface area contributed by atoms with Crippen LogP contribution in [0.1, 0.15) is 40.9 Å². The summed E-state index contributed by atoms with van der Waals surface area (Å²) in [6.45, 7) is 0.135. The summed E-state index contributed by atoms with van der Waals surface area (Å²) in [5.41, 5.74) is -0.357. The van der Waals surface area contributed by atoms with Crippen LogP contribution in [0.5, 0.6) is 0 Å². The van der Waals surface area contributed by atoms with Crippen LogP contribution >= 0.6 is 15.9 Å². The van der Waals surface area contributed by atoms with Gasteiger partial charge >= 0.3 is 6.18 Å². The van der Waals surface area contributed by atoms with E-state index in [0.29, 0.717) is 34.3 Å². The predicted octanol–water partition coefficient (Wildman–Crippen LogP) is 5.07. The molecule has 0 unspecified atom stereocenters. The number of halogens is 4. The lowest BCUT2D eigenvalue weighted by atomic mass is 9.96. The third-order valence-electron chi connectivity index (χ3n) is 5.54. The zero-order valence-corrected chi connectivity index (χ0v) is 19.3. The van der Waals surface area contributed by atoms with E-state index in [2.05, 4.69) is 41.5 Å². The predicted molar refractivity (Wildman–Crippen MR) is 121 cm³/mol. The Hall–Kier alpha value is -3.34. The first-order valence-corrected chi connectivity index (χ1v) is 11.1. The summed E-state index contributed by atoms with van der Waals surface area (Å²) in [6.07, 6.45) is 2.37. The van der Waals surface area contributed by atoms with Crippen LogP contribution in [-0.4, -0.2) is 26.6 Å². The quantitative estimate of drug-likeness (QED) is 0.392. The Kier molecular flexibility index (Phi) is 6.65. The summed E-state index contributed by atoms with van der Waals surface area (Å²) in [7, 11) is 0. The van der Waals surface area contributed by atoms with Crippen LogP contribution in [0.25, 0.3) is 0 Å². The molecule has 0 aliphatic heterocycles. The molecule has 0 spiro atoms. The molecule has 1 saturated carbocycles. The lowest BCUT2D eigenvalue weighted by Crippen LogP contribution is -2.33. The number of anilines is 2. The highest BCUT2D eigenvalue weighted by Gasteiger charge is 2.51. The van der Waals surface area contributed by atoms with E-state index in [9.17, 15) is 22.8 Å². The van der Waals surface area contributed by atoms with Crippen molar-refractivity contribution in [2.45, 2.75) is 32.0 Å². The molecule has 7 nitrogen and oxygen atoms in total. The van der Waals surface area contributed by atoms with E-state index >= 15 is 0 Å². The Morgan fingerprint density at radius 3 is 2.41 bits per heavy atom. The van der Waals surface area contributed by atoms with Crippen molar-refractivity contribution >= 4 is 39.0 Å². The first kappa shape index (κ1) is 23.8. The molecule has 1 aliphatic carbocycles. The zero-order valence-electron chi connectivity index (χ0n) is 17.7. The van der Waals surface area contributed by atoms with E-state index in [-0.39, 0.29) is 30.3 Å². The highest BCUT2D eigenvalue weighted by molar-refractivity contribution is 9.10. The maximum Gasteiger partial charge on any atom is 0.418 e. The molecular weight excluding hydrogens is 515 g/mol. The van der Waals surface area contributed by atoms with Gasteiger partial charge in [-0.25, -0.2) is 9.97 Å². The van der Waals surface area contributed by atoms with Gasteiger partial charge in [0.1, 0.15) is 6.33 Å². The molecule has 3 aromatic rings. The molecule has 0 atom stereocenters. The first-order valence-electron chi connectivity index (χ1n) is 10.3. The number of carbonyl (C=O) groups excluding carboxylic acids is 2. The highest BCUT2D eigenvalue weighted by atomic mass is 79.9. The Labute approximate surface area is 201 Å². The zero-order chi connectivity index (χ0) is 24.3. The fourth-order valence-corrected chi connectivity index (χ4v) is 3.83. The Morgan fingerprint density at radius 2 is 1.79 bits per heavy atom. The SMILES string of the molecule is O=C(CC1(C(=O)NCc2ccc(Nc3ccc(Br)cc3C(F)(F)F)cn2)CC1)c1cncnc1. The highest BCUT2D eigenvalue weighted by Crippen LogP contribution is 2.49. The third kappa shape index (κ3) is 5.58. The molecule has 0 bridgehead atoms. The van der Waals surface area contributed by atoms with Crippen LogP contribution in [0.3, 0.4) is 0 Å². The number of alkyl halides is 3. The smallest absolute Gasteiger partial charge is 0.354 e. The molecule has 34 heavy (non-hydrogen) atoms. The van der Waals surface area contributed by atoms with Crippen LogP contribution in [0, 0.1) is 5.41 Å². The van der Waals surface area contributed by atoms with Crippen molar-refractivity contribution in [2.24, 2.45) is 5.41 Å². The fraction of sp³-hybridized carbons (Fsp3) is 0.261. The summed E-state index contributed by atoms with van der Waals surface area (Å²) in [4.78, 5) is 37.0. The van der Waals surface area contributed by atoms with Gasteiger partial charge in [-0.05, 0) is 43.2 Å². The molecule has 1 aliphatic rings. The van der Waals surface area contributed by atoms with E-state index in [1.165, 1.54) is 37.1 Å². The maximum atomic E-state index is 13.3. The average Bonchev–Trinajstić information content (AvgIpc) is 3.60. The second kappa shape index (κ2) is 9.49. The lowest BCUT2D eigenvalue weighted by Gasteiger charge is -2.16. The number of carbonyl (C=O) groups is 2. The van der Waals surface area contributed by atoms with Gasteiger partial charge in [-0.15, -0.1) is 0 Å². The van der Waals surface area contributed by atoms with Crippen LogP contribution in [0.15, 0.2) is 59.7 Å². The largest absolute Gasteiger partial charge is 0.418 e. The van der Waals surface area contributed by atoms with Gasteiger partial charge in [-0.1, -0.05) is 15.9 Å². The third-order valence-corrected chi connectivity index (χ3v) is 6.03. The number of ketones is 1. The molecule has 1 aromatic carbocycles. The summed E-state index contributed by atoms with van der Waals surface area (Å²) in [5, 5.41) is 5.54. The molecule has 0 radical (unpaired) electrons. The number of rotatable bonds is 8. The number of benzene rings is 1. The van der Waals surface area contributed by atoms with E-state index in [1.807, 2.05) is 0 Å². The maximum absolute atomic E-state index is 13.3. The van der Waals surface area contributed by atoms with E-state index in [1.54, 1.807) is 12.1 Å². The van der Waals surface area contributed by atoms with Gasteiger partial charge in [-0.3, -0.25) is 14.6 Å². The standard InChI is InChI=1S/C23H19BrF3N5O2/c24-15-1-4-19(18(7-15)23(25,26)27)32-17-3-2-16(30-12-17)11-31-21(34)22(5-6-22)8-20(33)14-9-28-13-29-10-14/h1-4,7,9-10,12-13,32H,5-6,8,11H2,(H,31,34). The van der Waals surface area contributed by atoms with Gasteiger partial charge < -0.3 is 10.6 Å². The van der Waals surface area contributed by atoms with Crippen LogP contribution in [-0.2, 0) is 17.5 Å². The molecule has 2 N–H and O–H groups in total. The molecule has 2 heterocycles. The van der Waals surface area contributed by atoms with Gasteiger partial charge in [-0.2, -0.15) is 13.2 Å². The van der Waals surface area contributed by atoms with Gasteiger partial charge in [0.25, 0.3) is 0 Å². The number of hydrogen-bond donors (Lipinski definition) is 2. The van der Waals surface area contributed by atoms with Gasteiger partial charge in [0.15, 0.2) is 5.78 Å². The molecule has 0 saturated heterocycles. The van der Waals surface area contributed by atoms with Crippen molar-refractivity contribution in [3.63, 3.8) is 0 Å². The van der Waals surface area contributed by atoms with Crippen LogP contribution in [0.4, 0.5) is 24.5 Å². The fourth-order valence-electron chi connectivity index (χ4n) is 3.46. The van der Waals surface area contributed by atoms with Gasteiger partial charge in [0.2, 0.25) is 5.91 Å². The molecule has 2 aromatic heterocycles. The average molecular weight is 534 g/mol. The lowest BCUT2D eigenvalue weighted by molar-refractivity contribution is -0.137. The normalized spacial score (nSPS) is 14.4. The Balaban J connectivity index is 1.35. The second-order valence-corrected chi connectivity index (χ2v) is 8.96. The Bertz CT molecular complexity index is 1200. The molecule has 1 fully saturated rings. The summed E-state index contributed by atoms with van der Waals surface area (Å²) in [5.74, 6) is -0.417. The minimum Gasteiger partial charge on any atom is -0.354 e. The number of pyridine rings is 1. The number of amides is 1. The second-order valence-electron chi connectivity index (χ2n) is 8.04. The van der Waals surface area contributed by atoms with Gasteiger partial charge in [0, 0.05) is 23.3 Å². The number of nitrogens with one attached hydrogen (secondary N) is 2. The monoisotopic (exact) mass is 533 g/mol. The number of hydrogen-bond acceptors (Lipinski definition) is 6. The molecule has 176 valence electrons. The van der Waals surface area contributed by atoms with E-state index in [0.717, 1.165) is 6.07 Å². The van der Waals surface area contributed by atoms with Crippen molar-refractivity contribution in [1.29, 1.82) is 0 Å². The van der Waals surface area contributed by atoms with E-state index in [4.69, 9.17) is 0 Å². The topological polar surface area (TPSA) is 96.9 Å². The van der Waals surface area contributed by atoms with Crippen molar-refractivity contribution in [1.82, 2.24) is 20.3 Å². The van der Waals surface area contributed by atoms with Crippen molar-refractivity contribution < 1.29 is 22.8 Å². The van der Waals surface area contributed by atoms with Gasteiger partial charge in [0.05, 0.1) is 46.4 Å². The minimum atomic E-state index is -4.52. The number of nitrogens with zero attached hydrogens (tertiary/aromatic N) is 3. The Morgan fingerprint density at radius 1 is 1.06 bits per heavy atom. The minimum absolute atomic E-state index is 0.0806. The van der Waals surface area contributed by atoms with Crippen molar-refractivity contribution in [2.75, 3.05) is 5.32 Å². The van der Waals surface area contributed by atoms with E-state index < -0.39 is 17.2 Å². The number of aromatic nitrogens is 3.